The molecule has 235 valence electrons. The molecule has 8 nitrogen and oxygen atoms in total. The van der Waals surface area contributed by atoms with Gasteiger partial charge in [-0.15, -0.1) is 0 Å². The molecule has 8 bridgehead atoms. The summed E-state index contributed by atoms with van der Waals surface area (Å²) < 4.78 is 0. The van der Waals surface area contributed by atoms with E-state index in [1.807, 2.05) is 0 Å². The molecule has 9 rings (SSSR count). The number of fused-ring (bicyclic) bond motifs is 20. The van der Waals surface area contributed by atoms with Crippen molar-refractivity contribution in [1.29, 1.82) is 0 Å². The van der Waals surface area contributed by atoms with E-state index in [-0.39, 0.29) is 22.4 Å². The third-order valence-electron chi connectivity index (χ3n) is 13.8. The molecule has 9 fully saturated rings. The van der Waals surface area contributed by atoms with Crippen molar-refractivity contribution >= 4 is 0 Å². The van der Waals surface area contributed by atoms with Crippen LogP contribution in [0.4, 0.5) is 0 Å². The zero-order chi connectivity index (χ0) is 26.2. The number of rotatable bonds is 0. The van der Waals surface area contributed by atoms with Crippen LogP contribution in [0.25, 0.3) is 0 Å². The molecule has 9 heteroatoms. The number of hydrogen-bond donors (Lipinski definition) is 8. The van der Waals surface area contributed by atoms with Gasteiger partial charge in [0.2, 0.25) is 0 Å². The molecule has 8 unspecified atom stereocenters. The second-order valence-corrected chi connectivity index (χ2v) is 15.6. The van der Waals surface area contributed by atoms with E-state index in [4.69, 9.17) is 0 Å². The quantitative estimate of drug-likeness (QED) is 0.188. The van der Waals surface area contributed by atoms with Crippen LogP contribution in [0.5, 0.6) is 0 Å². The van der Waals surface area contributed by atoms with E-state index in [1.165, 1.54) is 103 Å². The van der Waals surface area contributed by atoms with Gasteiger partial charge in [-0.3, -0.25) is 42.5 Å². The number of nitrogens with one attached hydrogen (secondary N) is 8. The molecule has 8 atom stereocenters. The molecule has 5 aliphatic heterocycles. The van der Waals surface area contributed by atoms with Crippen molar-refractivity contribution in [3.05, 3.63) is 0 Å². The van der Waals surface area contributed by atoms with E-state index in [1.54, 1.807) is 0 Å². The molecule has 1 radical (unpaired) electrons. The Morgan fingerprint density at radius 3 is 0.463 bits per heavy atom. The van der Waals surface area contributed by atoms with Gasteiger partial charge in [-0.2, -0.15) is 0 Å². The van der Waals surface area contributed by atoms with Crippen LogP contribution < -0.4 is 42.5 Å². The predicted molar refractivity (Wildman–Crippen MR) is 157 cm³/mol. The van der Waals surface area contributed by atoms with Gasteiger partial charge in [-0.1, -0.05) is 51.4 Å². The minimum Gasteiger partial charge on any atom is -0.286 e. The fourth-order valence-corrected chi connectivity index (χ4v) is 12.0. The summed E-state index contributed by atoms with van der Waals surface area (Å²) in [4.78, 5) is 0. The third-order valence-corrected chi connectivity index (χ3v) is 13.8. The van der Waals surface area contributed by atoms with Gasteiger partial charge in [0.05, 0.1) is 49.3 Å². The van der Waals surface area contributed by atoms with Crippen LogP contribution in [-0.2, 0) is 22.4 Å². The first-order valence-corrected chi connectivity index (χ1v) is 17.9. The standard InChI is InChI=1S/C32H56N8.Ag/c1-2-10-18-17(9-1)25-33-26(18)38-28-21-13-5-6-14-22(21)30(35-28)40-32-24-16-8-7-15-23(24)31(36-32)39-29-20-12-4-3-11-19(20)27(34-29)37-25;/h17-40H,1-16H2;. The summed E-state index contributed by atoms with van der Waals surface area (Å²) >= 11 is 0. The first-order valence-electron chi connectivity index (χ1n) is 17.9. The SMILES string of the molecule is C1CCC2C3NC(NC4NC(NC5NC(NC6NC(N3)C3CCCCC63)C3CCCCC53)C3CCCCC43)C2C1.[Ag]. The largest absolute Gasteiger partial charge is 0.286 e. The van der Waals surface area contributed by atoms with Crippen molar-refractivity contribution in [2.45, 2.75) is 152 Å². The Balaban J connectivity index is 0.00000256. The summed E-state index contributed by atoms with van der Waals surface area (Å²) in [5.41, 5.74) is 0. The van der Waals surface area contributed by atoms with Crippen LogP contribution in [0.2, 0.25) is 0 Å². The van der Waals surface area contributed by atoms with Gasteiger partial charge in [0, 0.05) is 22.4 Å². The maximum Gasteiger partial charge on any atom is 0.0628 e. The van der Waals surface area contributed by atoms with E-state index in [9.17, 15) is 0 Å². The van der Waals surface area contributed by atoms with Crippen molar-refractivity contribution in [3.8, 4) is 0 Å². The fourth-order valence-electron chi connectivity index (χ4n) is 12.0. The molecule has 41 heavy (non-hydrogen) atoms. The Morgan fingerprint density at radius 1 is 0.220 bits per heavy atom. The van der Waals surface area contributed by atoms with Crippen LogP contribution in [-0.4, -0.2) is 49.3 Å². The zero-order valence-electron chi connectivity index (χ0n) is 24.9. The minimum atomic E-state index is 0. The van der Waals surface area contributed by atoms with Gasteiger partial charge in [0.15, 0.2) is 0 Å². The Kier molecular flexibility index (Phi) is 8.43. The molecule has 5 saturated heterocycles. The van der Waals surface area contributed by atoms with E-state index >= 15 is 0 Å². The Hall–Kier alpha value is 0.420. The predicted octanol–water partition coefficient (Wildman–Crippen LogP) is 2.60. The van der Waals surface area contributed by atoms with Crippen molar-refractivity contribution in [2.75, 3.05) is 0 Å². The van der Waals surface area contributed by atoms with Crippen LogP contribution in [0, 0.1) is 47.3 Å². The van der Waals surface area contributed by atoms with Crippen LogP contribution in [0.1, 0.15) is 103 Å². The van der Waals surface area contributed by atoms with E-state index in [2.05, 4.69) is 42.5 Å². The van der Waals surface area contributed by atoms with E-state index in [0.717, 1.165) is 47.3 Å². The zero-order valence-corrected chi connectivity index (χ0v) is 26.3. The smallest absolute Gasteiger partial charge is 0.0628 e. The normalized spacial score (nSPS) is 56.2. The van der Waals surface area contributed by atoms with Gasteiger partial charge in [-0.05, 0) is 98.7 Å². The summed E-state index contributed by atoms with van der Waals surface area (Å²) in [6.45, 7) is 0. The van der Waals surface area contributed by atoms with Gasteiger partial charge in [0.1, 0.15) is 0 Å². The van der Waals surface area contributed by atoms with Crippen LogP contribution in [0.3, 0.4) is 0 Å². The van der Waals surface area contributed by atoms with Gasteiger partial charge >= 0.3 is 0 Å². The first-order chi connectivity index (χ1) is 19.8. The molecule has 9 aliphatic rings. The van der Waals surface area contributed by atoms with E-state index in [0.29, 0.717) is 49.3 Å². The average molecular weight is 661 g/mol. The molecule has 0 amide bonds. The van der Waals surface area contributed by atoms with Gasteiger partial charge < -0.3 is 0 Å². The molecular weight excluding hydrogens is 604 g/mol. The van der Waals surface area contributed by atoms with Crippen molar-refractivity contribution in [1.82, 2.24) is 42.5 Å². The Morgan fingerprint density at radius 2 is 0.341 bits per heavy atom. The second kappa shape index (κ2) is 12.0. The monoisotopic (exact) mass is 659 g/mol. The number of hydrogen-bond acceptors (Lipinski definition) is 8. The fraction of sp³-hybridized carbons (Fsp3) is 1.00. The minimum absolute atomic E-state index is 0. The van der Waals surface area contributed by atoms with Crippen molar-refractivity contribution in [3.63, 3.8) is 0 Å². The van der Waals surface area contributed by atoms with Crippen molar-refractivity contribution in [2.24, 2.45) is 47.3 Å². The molecule has 0 aromatic heterocycles. The summed E-state index contributed by atoms with van der Waals surface area (Å²) in [7, 11) is 0. The second-order valence-electron chi connectivity index (χ2n) is 15.6. The molecule has 0 aromatic carbocycles. The van der Waals surface area contributed by atoms with Gasteiger partial charge in [-0.25, -0.2) is 0 Å². The van der Waals surface area contributed by atoms with Crippen LogP contribution >= 0.6 is 0 Å². The summed E-state index contributed by atoms with van der Waals surface area (Å²) in [6.07, 6.45) is 25.6. The molecule has 0 aromatic rings. The molecule has 4 aliphatic carbocycles. The molecule has 4 saturated carbocycles. The molecule has 0 spiro atoms. The van der Waals surface area contributed by atoms with Gasteiger partial charge in [0.25, 0.3) is 0 Å². The molecular formula is C32H56AgN8. The summed E-state index contributed by atoms with van der Waals surface area (Å²) in [5, 5.41) is 33.8. The average Bonchev–Trinajstić information content (AvgIpc) is 3.73. The van der Waals surface area contributed by atoms with Crippen molar-refractivity contribution < 1.29 is 22.4 Å². The molecule has 5 heterocycles. The Bertz CT molecular complexity index is 716. The maximum absolute atomic E-state index is 4.26. The third kappa shape index (κ3) is 5.08. The first kappa shape index (κ1) is 28.9. The summed E-state index contributed by atoms with van der Waals surface area (Å²) in [5.74, 6) is 5.97. The van der Waals surface area contributed by atoms with Crippen LogP contribution in [0.15, 0.2) is 0 Å². The summed E-state index contributed by atoms with van der Waals surface area (Å²) in [6, 6.07) is 0. The molecule has 8 N–H and O–H groups in total. The topological polar surface area (TPSA) is 96.2 Å². The maximum atomic E-state index is 4.26. The van der Waals surface area contributed by atoms with E-state index < -0.39 is 0 Å². The Labute approximate surface area is 263 Å².